The molecule has 20 aromatic rings. The summed E-state index contributed by atoms with van der Waals surface area (Å²) in [7, 11) is 0. The van der Waals surface area contributed by atoms with Crippen molar-refractivity contribution in [3.63, 3.8) is 0 Å². The Morgan fingerprint density at radius 3 is 0.718 bits per heavy atom. The fourth-order valence-electron chi connectivity index (χ4n) is 14.9. The first-order chi connectivity index (χ1) is 54.5. The number of aromatic nitrogens is 6. The van der Waals surface area contributed by atoms with Gasteiger partial charge in [0.25, 0.3) is 0 Å². The molecule has 110 heavy (non-hydrogen) atoms. The van der Waals surface area contributed by atoms with Crippen molar-refractivity contribution in [2.45, 2.75) is 0 Å². The second-order valence-corrected chi connectivity index (χ2v) is 27.2. The molecule has 16 aromatic carbocycles. The average molecular weight is 1410 g/mol. The van der Waals surface area contributed by atoms with Crippen molar-refractivity contribution < 1.29 is 8.83 Å². The number of furan rings is 2. The van der Waals surface area contributed by atoms with Gasteiger partial charge in [-0.1, -0.05) is 358 Å². The molecule has 0 aliphatic carbocycles. The molecule has 0 aliphatic heterocycles. The van der Waals surface area contributed by atoms with E-state index in [2.05, 4.69) is 261 Å². The summed E-state index contributed by atoms with van der Waals surface area (Å²) >= 11 is 0. The third kappa shape index (κ3) is 12.9. The summed E-state index contributed by atoms with van der Waals surface area (Å²) in [6, 6.07) is 139. The van der Waals surface area contributed by atoms with E-state index < -0.39 is 0 Å². The number of fused-ring (bicyclic) bond motifs is 6. The van der Waals surface area contributed by atoms with Crippen molar-refractivity contribution >= 4 is 43.9 Å². The molecule has 0 saturated carbocycles. The van der Waals surface area contributed by atoms with Crippen molar-refractivity contribution in [2.24, 2.45) is 0 Å². The minimum atomic E-state index is 0.547. The quantitative estimate of drug-likeness (QED) is 0.106. The Labute approximate surface area is 636 Å². The average Bonchev–Trinajstić information content (AvgIpc) is 1.57. The molecule has 4 aromatic heterocycles. The third-order valence-corrected chi connectivity index (χ3v) is 20.3. The molecule has 0 bridgehead atoms. The summed E-state index contributed by atoms with van der Waals surface area (Å²) in [5, 5.41) is 4.08. The molecular weight excluding hydrogens is 1340 g/mol. The summed E-state index contributed by atoms with van der Waals surface area (Å²) < 4.78 is 14.3. The second-order valence-electron chi connectivity index (χ2n) is 27.2. The molecule has 20 rings (SSSR count). The summed E-state index contributed by atoms with van der Waals surface area (Å²) in [6.07, 6.45) is 0. The van der Waals surface area contributed by atoms with Gasteiger partial charge in [0.05, 0.1) is 11.1 Å². The first-order valence-electron chi connectivity index (χ1n) is 36.9. The van der Waals surface area contributed by atoms with Gasteiger partial charge in [0.15, 0.2) is 34.9 Å². The maximum Gasteiger partial charge on any atom is 0.167 e. The van der Waals surface area contributed by atoms with Gasteiger partial charge < -0.3 is 8.83 Å². The Hall–Kier alpha value is -14.9. The van der Waals surface area contributed by atoms with Crippen LogP contribution in [0, 0.1) is 0 Å². The lowest BCUT2D eigenvalue weighted by atomic mass is 9.92. The largest absolute Gasteiger partial charge is 0.455 e. The summed E-state index contributed by atoms with van der Waals surface area (Å²) in [4.78, 5) is 30.5. The van der Waals surface area contributed by atoms with E-state index in [4.69, 9.17) is 38.7 Å². The monoisotopic (exact) mass is 1410 g/mol. The van der Waals surface area contributed by atoms with Gasteiger partial charge in [-0.25, -0.2) is 29.9 Å². The molecular formula is C102H66N6O2. The smallest absolute Gasteiger partial charge is 0.167 e. The topological polar surface area (TPSA) is 104 Å². The predicted molar refractivity (Wildman–Crippen MR) is 450 cm³/mol. The maximum atomic E-state index is 7.18. The minimum absolute atomic E-state index is 0.547. The first-order valence-corrected chi connectivity index (χ1v) is 36.9. The van der Waals surface area contributed by atoms with E-state index in [0.29, 0.717) is 34.9 Å². The SMILES string of the molecule is c1ccc(-c2ccc(-c3ccc(-c4nc(-c5ccccc5)nc(-c5ccccc5)n4)c4oc5c(-c6ccccc6)cc(-c6ccccc6)cc5c34)cc2)cc1.c1ccc(-c2cccc(-c3ccc(-c4nc(-c5ccccc5)nc(-c5ccccc5)n4)c4oc5c(-c6ccccc6)cc(-c6ccccc6)cc5c34)c2)cc1. The third-order valence-electron chi connectivity index (χ3n) is 20.3. The molecule has 0 fully saturated rings. The molecule has 0 aliphatic rings. The van der Waals surface area contributed by atoms with Crippen LogP contribution >= 0.6 is 0 Å². The van der Waals surface area contributed by atoms with E-state index in [1.807, 2.05) is 140 Å². The van der Waals surface area contributed by atoms with Crippen LogP contribution in [0.5, 0.6) is 0 Å². The Balaban J connectivity index is 0.000000149. The van der Waals surface area contributed by atoms with Crippen LogP contribution in [0.25, 0.3) is 201 Å². The highest BCUT2D eigenvalue weighted by Crippen LogP contribution is 2.49. The normalized spacial score (nSPS) is 11.3. The van der Waals surface area contributed by atoms with Crippen molar-refractivity contribution in [3.8, 4) is 157 Å². The van der Waals surface area contributed by atoms with Crippen LogP contribution in [0.15, 0.2) is 409 Å². The van der Waals surface area contributed by atoms with Gasteiger partial charge in [-0.05, 0) is 120 Å². The first kappa shape index (κ1) is 65.9. The Bertz CT molecular complexity index is 6570. The number of hydrogen-bond donors (Lipinski definition) is 0. The van der Waals surface area contributed by atoms with Crippen LogP contribution in [0.1, 0.15) is 0 Å². The number of benzene rings is 16. The fourth-order valence-corrected chi connectivity index (χ4v) is 14.9. The highest BCUT2D eigenvalue weighted by atomic mass is 16.3. The summed E-state index contributed by atoms with van der Waals surface area (Å²) in [5.41, 5.74) is 26.0. The van der Waals surface area contributed by atoms with Gasteiger partial charge in [0.2, 0.25) is 0 Å². The van der Waals surface area contributed by atoms with Crippen LogP contribution in [-0.2, 0) is 0 Å². The Kier molecular flexibility index (Phi) is 17.5. The highest BCUT2D eigenvalue weighted by Gasteiger charge is 2.27. The molecule has 8 heteroatoms. The van der Waals surface area contributed by atoms with E-state index in [0.717, 1.165) is 150 Å². The lowest BCUT2D eigenvalue weighted by Crippen LogP contribution is -2.00. The molecule has 0 N–H and O–H groups in total. The van der Waals surface area contributed by atoms with Crippen LogP contribution in [0.2, 0.25) is 0 Å². The van der Waals surface area contributed by atoms with Crippen LogP contribution in [0.3, 0.4) is 0 Å². The van der Waals surface area contributed by atoms with Crippen LogP contribution < -0.4 is 0 Å². The predicted octanol–water partition coefficient (Wildman–Crippen LogP) is 26.9. The van der Waals surface area contributed by atoms with Crippen LogP contribution in [0.4, 0.5) is 0 Å². The molecule has 0 saturated heterocycles. The zero-order chi connectivity index (χ0) is 73.1. The summed E-state index contributed by atoms with van der Waals surface area (Å²) in [6.45, 7) is 0. The van der Waals surface area contributed by atoms with Gasteiger partial charge in [0.1, 0.15) is 22.3 Å². The van der Waals surface area contributed by atoms with E-state index in [1.165, 1.54) is 16.7 Å². The lowest BCUT2D eigenvalue weighted by Gasteiger charge is -2.12. The lowest BCUT2D eigenvalue weighted by molar-refractivity contribution is 0.670. The molecule has 516 valence electrons. The molecule has 0 unspecified atom stereocenters. The van der Waals surface area contributed by atoms with Crippen LogP contribution in [-0.4, -0.2) is 29.9 Å². The number of hydrogen-bond acceptors (Lipinski definition) is 8. The van der Waals surface area contributed by atoms with Gasteiger partial charge in [0, 0.05) is 54.9 Å². The van der Waals surface area contributed by atoms with Gasteiger partial charge in [-0.15, -0.1) is 0 Å². The van der Waals surface area contributed by atoms with E-state index in [-0.39, 0.29) is 0 Å². The van der Waals surface area contributed by atoms with E-state index in [1.54, 1.807) is 0 Å². The fraction of sp³-hybridized carbons (Fsp3) is 0. The van der Waals surface area contributed by atoms with Gasteiger partial charge >= 0.3 is 0 Å². The van der Waals surface area contributed by atoms with E-state index >= 15 is 0 Å². The van der Waals surface area contributed by atoms with Crippen molar-refractivity contribution in [2.75, 3.05) is 0 Å². The molecule has 0 radical (unpaired) electrons. The number of rotatable bonds is 14. The Morgan fingerprint density at radius 1 is 0.136 bits per heavy atom. The standard InChI is InChI=1S/2C51H33N3O/c1-6-17-34(18-7-1)39-27-16-28-40(31-39)42-29-30-43(51-53-49(37-23-12-4-13-24-37)52-50(54-51)38-25-14-5-15-26-38)48-46(42)45-33-41(35-19-8-2-9-20-35)32-44(47(45)55-48)36-21-10-3-11-22-36;1-6-16-34(17-7-1)36-26-28-38(29-27-36)42-30-31-43(51-53-49(39-22-12-4-13-23-39)52-50(54-51)40-24-14-5-15-25-40)48-46(42)45-33-41(35-18-8-2-9-19-35)32-44(47(45)55-48)37-20-10-3-11-21-37/h2*1-33H. The molecule has 0 atom stereocenters. The zero-order valence-corrected chi connectivity index (χ0v) is 59.6. The maximum absolute atomic E-state index is 7.18. The summed E-state index contributed by atoms with van der Waals surface area (Å²) in [5.74, 6) is 3.50. The molecule has 8 nitrogen and oxygen atoms in total. The van der Waals surface area contributed by atoms with Crippen molar-refractivity contribution in [1.29, 1.82) is 0 Å². The second kappa shape index (κ2) is 29.2. The van der Waals surface area contributed by atoms with E-state index in [9.17, 15) is 0 Å². The highest BCUT2D eigenvalue weighted by molar-refractivity contribution is 6.21. The molecule has 0 amide bonds. The Morgan fingerprint density at radius 2 is 0.373 bits per heavy atom. The van der Waals surface area contributed by atoms with Crippen molar-refractivity contribution in [1.82, 2.24) is 29.9 Å². The van der Waals surface area contributed by atoms with Crippen molar-refractivity contribution in [3.05, 3.63) is 400 Å². The molecule has 0 spiro atoms. The van der Waals surface area contributed by atoms with Gasteiger partial charge in [-0.3, -0.25) is 0 Å². The van der Waals surface area contributed by atoms with Gasteiger partial charge in [-0.2, -0.15) is 0 Å². The molecule has 4 heterocycles. The number of nitrogens with zero attached hydrogens (tertiary/aromatic N) is 6. The minimum Gasteiger partial charge on any atom is -0.455 e. The zero-order valence-electron chi connectivity index (χ0n) is 59.6.